The van der Waals surface area contributed by atoms with Crippen LogP contribution in [0.3, 0.4) is 0 Å². The molecule has 0 N–H and O–H groups in total. The maximum atomic E-state index is 4.20. The number of hydrogen-bond donors (Lipinski definition) is 0. The van der Waals surface area contributed by atoms with Crippen molar-refractivity contribution in [3.05, 3.63) is 289 Å². The number of rotatable bonds is 7. The monoisotopic (exact) mass is 929 g/mol. The van der Waals surface area contributed by atoms with Crippen LogP contribution in [0.15, 0.2) is 267 Å². The lowest BCUT2D eigenvalue weighted by Gasteiger charge is -2.36. The first-order chi connectivity index (χ1) is 36.1. The molecule has 2 heterocycles. The van der Waals surface area contributed by atoms with Crippen molar-refractivity contribution in [1.29, 1.82) is 0 Å². The average molecular weight is 930 g/mol. The Morgan fingerprint density at radius 3 is 1.93 bits per heavy atom. The molecule has 15 rings (SSSR count). The van der Waals surface area contributed by atoms with Crippen molar-refractivity contribution in [2.75, 3.05) is 9.80 Å². The molecule has 1 spiro atoms. The van der Waals surface area contributed by atoms with Crippen molar-refractivity contribution in [1.82, 2.24) is 4.57 Å². The van der Waals surface area contributed by atoms with E-state index in [1.165, 1.54) is 110 Å². The van der Waals surface area contributed by atoms with Crippen LogP contribution in [0.4, 0.5) is 34.1 Å². The van der Waals surface area contributed by atoms with Gasteiger partial charge in [-0.3, -0.25) is 0 Å². The maximum absolute atomic E-state index is 4.20. The van der Waals surface area contributed by atoms with E-state index in [1.807, 2.05) is 6.08 Å². The van der Waals surface area contributed by atoms with Crippen molar-refractivity contribution in [2.24, 2.45) is 0 Å². The zero-order chi connectivity index (χ0) is 48.4. The summed E-state index contributed by atoms with van der Waals surface area (Å²) in [5.74, 6) is 0. The predicted octanol–water partition coefficient (Wildman–Crippen LogP) is 18.9. The topological polar surface area (TPSA) is 11.4 Å². The fourth-order valence-corrected chi connectivity index (χ4v) is 13.1. The summed E-state index contributed by atoms with van der Waals surface area (Å²) in [4.78, 5) is 5.00. The minimum absolute atomic E-state index is 0.645. The summed E-state index contributed by atoms with van der Waals surface area (Å²) in [7, 11) is 0. The molecule has 3 aliphatic rings. The van der Waals surface area contributed by atoms with E-state index in [0.29, 0.717) is 0 Å². The Bertz CT molecular complexity index is 4360. The van der Waals surface area contributed by atoms with Crippen LogP contribution in [0.25, 0.3) is 76.9 Å². The Balaban J connectivity index is 0.986. The number of fused-ring (bicyclic) bond motifs is 14. The number of allylic oxidation sites excluding steroid dienone is 5. The molecule has 2 aliphatic carbocycles. The summed E-state index contributed by atoms with van der Waals surface area (Å²) in [5.41, 5.74) is 22.3. The van der Waals surface area contributed by atoms with Gasteiger partial charge in [0.15, 0.2) is 0 Å². The third-order valence-corrected chi connectivity index (χ3v) is 16.0. The average Bonchev–Trinajstić information content (AvgIpc) is 4.04. The molecule has 0 bridgehead atoms. The SMILES string of the molecule is C=C/C=C\C1=C(C)c2ccccc2C12c1cc(N(c3ccccc3)c3ccc4c(c3)c3ccccc3n4-c3ccccc3)ccc1-c1ccc(N3c4c(ccc5ccccc45)-c4cccc5cccc3c45)cc12. The fourth-order valence-electron chi connectivity index (χ4n) is 13.1. The van der Waals surface area contributed by atoms with Crippen LogP contribution in [0.2, 0.25) is 0 Å². The molecule has 0 saturated carbocycles. The Hall–Kier alpha value is -9.44. The van der Waals surface area contributed by atoms with Crippen LogP contribution in [0, 0.1) is 0 Å². The van der Waals surface area contributed by atoms with E-state index >= 15 is 0 Å². The third-order valence-electron chi connectivity index (χ3n) is 16.0. The van der Waals surface area contributed by atoms with Gasteiger partial charge in [-0.2, -0.15) is 0 Å². The highest BCUT2D eigenvalue weighted by molar-refractivity contribution is 6.19. The van der Waals surface area contributed by atoms with E-state index in [9.17, 15) is 0 Å². The standard InChI is InChI=1S/C70H47N3/c1-3-4-30-61-45(2)53-26-13-15-31-62(53)70(61)63-43-51(71(48-22-7-5-8-23-48)50-37-41-66-60(42-50)57-28-14-16-32-65(57)72(66)49-24-9-6-10-25-49)35-39-55(63)56-40-36-52(44-64(56)70)73-67-33-18-21-47-20-17-29-58(68(47)67)59-38-34-46-19-11-12-27-54(46)69(59)73/h3-44H,1H2,2H3/b30-4-. The highest BCUT2D eigenvalue weighted by Crippen LogP contribution is 2.64. The molecular formula is C70H47N3. The van der Waals surface area contributed by atoms with E-state index in [4.69, 9.17) is 0 Å². The second kappa shape index (κ2) is 15.8. The number of hydrogen-bond acceptors (Lipinski definition) is 2. The summed E-state index contributed by atoms with van der Waals surface area (Å²) in [6, 6.07) is 87.9. The maximum Gasteiger partial charge on any atom is 0.0723 e. The minimum Gasteiger partial charge on any atom is -0.310 e. The Kier molecular flexibility index (Phi) is 8.94. The number of benzene rings is 11. The van der Waals surface area contributed by atoms with Crippen LogP contribution in [0.5, 0.6) is 0 Å². The van der Waals surface area contributed by atoms with Gasteiger partial charge in [0.25, 0.3) is 0 Å². The Morgan fingerprint density at radius 2 is 1.08 bits per heavy atom. The molecule has 0 saturated heterocycles. The highest BCUT2D eigenvalue weighted by Gasteiger charge is 2.52. The molecule has 0 radical (unpaired) electrons. The zero-order valence-corrected chi connectivity index (χ0v) is 40.3. The summed E-state index contributed by atoms with van der Waals surface area (Å²) in [5, 5.41) is 7.40. The molecule has 11 aromatic carbocycles. The van der Waals surface area contributed by atoms with Gasteiger partial charge in [0.05, 0.1) is 27.8 Å². The lowest BCUT2D eigenvalue weighted by atomic mass is 9.69. The van der Waals surface area contributed by atoms with Gasteiger partial charge in [-0.15, -0.1) is 0 Å². The van der Waals surface area contributed by atoms with Crippen molar-refractivity contribution in [3.8, 4) is 27.9 Å². The Labute approximate surface area is 424 Å². The fraction of sp³-hybridized carbons (Fsp3) is 0.0286. The molecule has 1 unspecified atom stereocenters. The summed E-state index contributed by atoms with van der Waals surface area (Å²) in [6.45, 7) is 6.51. The first-order valence-electron chi connectivity index (χ1n) is 25.3. The van der Waals surface area contributed by atoms with Crippen LogP contribution in [-0.4, -0.2) is 4.57 Å². The van der Waals surface area contributed by atoms with Gasteiger partial charge < -0.3 is 14.4 Å². The smallest absolute Gasteiger partial charge is 0.0723 e. The van der Waals surface area contributed by atoms with E-state index in [2.05, 4.69) is 277 Å². The summed E-state index contributed by atoms with van der Waals surface area (Å²) >= 11 is 0. The van der Waals surface area contributed by atoms with Crippen LogP contribution in [-0.2, 0) is 5.41 Å². The first kappa shape index (κ1) is 41.4. The van der Waals surface area contributed by atoms with Crippen molar-refractivity contribution in [3.63, 3.8) is 0 Å². The van der Waals surface area contributed by atoms with Gasteiger partial charge in [0.1, 0.15) is 0 Å². The van der Waals surface area contributed by atoms with Gasteiger partial charge in [0, 0.05) is 55.5 Å². The van der Waals surface area contributed by atoms with Crippen LogP contribution in [0.1, 0.15) is 29.2 Å². The number of nitrogens with zero attached hydrogens (tertiary/aromatic N) is 3. The molecule has 1 aromatic heterocycles. The van der Waals surface area contributed by atoms with Gasteiger partial charge in [0.2, 0.25) is 0 Å². The number of anilines is 6. The predicted molar refractivity (Wildman–Crippen MR) is 308 cm³/mol. The highest BCUT2D eigenvalue weighted by atomic mass is 15.2. The molecule has 0 amide bonds. The molecule has 12 aromatic rings. The van der Waals surface area contributed by atoms with Gasteiger partial charge >= 0.3 is 0 Å². The summed E-state index contributed by atoms with van der Waals surface area (Å²) in [6.07, 6.45) is 6.36. The second-order valence-corrected chi connectivity index (χ2v) is 19.6. The van der Waals surface area contributed by atoms with Crippen LogP contribution < -0.4 is 9.80 Å². The van der Waals surface area contributed by atoms with E-state index in [-0.39, 0.29) is 0 Å². The molecule has 3 nitrogen and oxygen atoms in total. The number of para-hydroxylation sites is 3. The second-order valence-electron chi connectivity index (χ2n) is 19.6. The van der Waals surface area contributed by atoms with E-state index in [1.54, 1.807) is 0 Å². The molecule has 1 atom stereocenters. The minimum atomic E-state index is -0.645. The largest absolute Gasteiger partial charge is 0.310 e. The summed E-state index contributed by atoms with van der Waals surface area (Å²) < 4.78 is 2.39. The molecule has 1 aliphatic heterocycles. The normalized spacial score (nSPS) is 15.2. The van der Waals surface area contributed by atoms with Crippen molar-refractivity contribution < 1.29 is 0 Å². The van der Waals surface area contributed by atoms with E-state index < -0.39 is 5.41 Å². The van der Waals surface area contributed by atoms with E-state index in [0.717, 1.165) is 28.4 Å². The van der Waals surface area contributed by atoms with Crippen LogP contribution >= 0.6 is 0 Å². The lowest BCUT2D eigenvalue weighted by molar-refractivity contribution is 0.785. The molecule has 73 heavy (non-hydrogen) atoms. The van der Waals surface area contributed by atoms with Crippen molar-refractivity contribution >= 4 is 83.0 Å². The van der Waals surface area contributed by atoms with Gasteiger partial charge in [-0.05, 0) is 147 Å². The third kappa shape index (κ3) is 5.76. The van der Waals surface area contributed by atoms with Crippen molar-refractivity contribution in [2.45, 2.75) is 12.3 Å². The number of aromatic nitrogens is 1. The first-order valence-corrected chi connectivity index (χ1v) is 25.3. The molecule has 0 fully saturated rings. The van der Waals surface area contributed by atoms with Gasteiger partial charge in [-0.1, -0.05) is 183 Å². The quantitative estimate of drug-likeness (QED) is 0.148. The zero-order valence-electron chi connectivity index (χ0n) is 40.3. The molecule has 3 heteroatoms. The van der Waals surface area contributed by atoms with Gasteiger partial charge in [-0.25, -0.2) is 0 Å². The molecular weight excluding hydrogens is 883 g/mol. The lowest BCUT2D eigenvalue weighted by Crippen LogP contribution is -2.27. The Morgan fingerprint density at radius 1 is 0.438 bits per heavy atom. The molecule has 342 valence electrons.